The molecule has 0 saturated carbocycles. The van der Waals surface area contributed by atoms with E-state index >= 15 is 0 Å². The van der Waals surface area contributed by atoms with Crippen molar-refractivity contribution in [1.29, 1.82) is 0 Å². The maximum atomic E-state index is 13.2. The lowest BCUT2D eigenvalue weighted by Gasteiger charge is -2.05. The van der Waals surface area contributed by atoms with Crippen LogP contribution in [0, 0.1) is 5.82 Å². The van der Waals surface area contributed by atoms with Gasteiger partial charge in [0.1, 0.15) is 12.4 Å². The second-order valence-electron chi connectivity index (χ2n) is 2.86. The van der Waals surface area contributed by atoms with E-state index in [1.54, 1.807) is 12.1 Å². The Labute approximate surface area is 90.2 Å². The zero-order valence-corrected chi connectivity index (χ0v) is 8.18. The van der Waals surface area contributed by atoms with Crippen LogP contribution in [0.2, 0.25) is 0 Å². The summed E-state index contributed by atoms with van der Waals surface area (Å²) in [6.07, 6.45) is 2.47. The second kappa shape index (κ2) is 4.58. The molecule has 16 heavy (non-hydrogen) atoms. The summed E-state index contributed by atoms with van der Waals surface area (Å²) >= 11 is 0. The Morgan fingerprint density at radius 3 is 3.12 bits per heavy atom. The van der Waals surface area contributed by atoms with Gasteiger partial charge in [0, 0.05) is 0 Å². The highest BCUT2D eigenvalue weighted by molar-refractivity contribution is 5.26. The van der Waals surface area contributed by atoms with Crippen molar-refractivity contribution in [1.82, 2.24) is 9.97 Å². The second-order valence-corrected chi connectivity index (χ2v) is 2.86. The van der Waals surface area contributed by atoms with E-state index in [4.69, 9.17) is 15.0 Å². The van der Waals surface area contributed by atoms with Crippen LogP contribution in [0.15, 0.2) is 29.0 Å². The molecule has 7 heteroatoms. The molecule has 0 aromatic carbocycles. The summed E-state index contributed by atoms with van der Waals surface area (Å²) in [5, 5.41) is 0. The largest absolute Gasteiger partial charge is 0.467 e. The van der Waals surface area contributed by atoms with E-state index in [0.717, 1.165) is 6.20 Å². The number of ether oxygens (including phenoxy) is 1. The van der Waals surface area contributed by atoms with Crippen LogP contribution in [-0.2, 0) is 6.61 Å². The van der Waals surface area contributed by atoms with E-state index in [9.17, 15) is 4.39 Å². The molecular formula is C9H9FN4O2. The molecule has 0 radical (unpaired) electrons. The normalized spacial score (nSPS) is 10.1. The number of nitrogens with zero attached hydrogens (tertiary/aromatic N) is 2. The van der Waals surface area contributed by atoms with Gasteiger partial charge in [0.2, 0.25) is 11.8 Å². The van der Waals surface area contributed by atoms with Crippen LogP contribution in [0.25, 0.3) is 0 Å². The molecule has 0 bridgehead atoms. The lowest BCUT2D eigenvalue weighted by atomic mass is 10.5. The highest BCUT2D eigenvalue weighted by Gasteiger charge is 2.08. The first kappa shape index (κ1) is 10.4. The van der Waals surface area contributed by atoms with Gasteiger partial charge in [0.05, 0.1) is 12.5 Å². The number of hydrogen-bond donors (Lipinski definition) is 2. The average molecular weight is 224 g/mol. The van der Waals surface area contributed by atoms with E-state index < -0.39 is 5.82 Å². The third-order valence-electron chi connectivity index (χ3n) is 1.77. The van der Waals surface area contributed by atoms with Crippen molar-refractivity contribution in [3.63, 3.8) is 0 Å². The van der Waals surface area contributed by atoms with E-state index in [-0.39, 0.29) is 18.4 Å². The average Bonchev–Trinajstić information content (AvgIpc) is 2.81. The van der Waals surface area contributed by atoms with Crippen molar-refractivity contribution in [2.75, 3.05) is 5.43 Å². The molecular weight excluding hydrogens is 215 g/mol. The number of hydrogen-bond acceptors (Lipinski definition) is 6. The quantitative estimate of drug-likeness (QED) is 0.596. The van der Waals surface area contributed by atoms with E-state index in [1.807, 2.05) is 0 Å². The molecule has 2 rings (SSSR count). The molecule has 0 spiro atoms. The van der Waals surface area contributed by atoms with Gasteiger partial charge >= 0.3 is 0 Å². The Balaban J connectivity index is 2.08. The van der Waals surface area contributed by atoms with Crippen molar-refractivity contribution in [2.24, 2.45) is 5.84 Å². The lowest BCUT2D eigenvalue weighted by Crippen LogP contribution is -2.11. The molecule has 0 aliphatic heterocycles. The summed E-state index contributed by atoms with van der Waals surface area (Å²) in [6, 6.07) is 3.42. The predicted molar refractivity (Wildman–Crippen MR) is 52.8 cm³/mol. The molecule has 3 N–H and O–H groups in total. The molecule has 0 aliphatic carbocycles. The molecule has 0 saturated heterocycles. The molecule has 0 fully saturated rings. The first-order valence-electron chi connectivity index (χ1n) is 4.44. The number of furan rings is 1. The van der Waals surface area contributed by atoms with E-state index in [2.05, 4.69) is 15.4 Å². The topological polar surface area (TPSA) is 86.2 Å². The smallest absolute Gasteiger partial charge is 0.255 e. The van der Waals surface area contributed by atoms with Gasteiger partial charge in [-0.3, -0.25) is 5.43 Å². The first-order valence-corrected chi connectivity index (χ1v) is 4.44. The number of halogens is 1. The van der Waals surface area contributed by atoms with Crippen LogP contribution in [0.4, 0.5) is 10.3 Å². The van der Waals surface area contributed by atoms with Gasteiger partial charge < -0.3 is 9.15 Å². The van der Waals surface area contributed by atoms with Gasteiger partial charge in [0.15, 0.2) is 0 Å². The fourth-order valence-electron chi connectivity index (χ4n) is 1.06. The van der Waals surface area contributed by atoms with Crippen molar-refractivity contribution < 1.29 is 13.5 Å². The molecule has 0 atom stereocenters. The Hall–Kier alpha value is -2.15. The summed E-state index contributed by atoms with van der Waals surface area (Å²) in [4.78, 5) is 7.28. The van der Waals surface area contributed by atoms with Crippen molar-refractivity contribution in [3.05, 3.63) is 36.2 Å². The number of nitrogens with one attached hydrogen (secondary N) is 1. The van der Waals surface area contributed by atoms with Gasteiger partial charge in [-0.2, -0.15) is 9.37 Å². The Bertz CT molecular complexity index is 461. The summed E-state index contributed by atoms with van der Waals surface area (Å²) < 4.78 is 23.3. The number of nitrogen functional groups attached to an aromatic ring is 1. The SMILES string of the molecule is NNc1ncc(F)c(OCc2ccco2)n1. The number of nitrogens with two attached hydrogens (primary N) is 1. The molecule has 0 unspecified atom stereocenters. The van der Waals surface area contributed by atoms with Crippen LogP contribution in [-0.4, -0.2) is 9.97 Å². The molecule has 84 valence electrons. The van der Waals surface area contributed by atoms with Gasteiger partial charge in [0.25, 0.3) is 5.88 Å². The van der Waals surface area contributed by atoms with Crippen molar-refractivity contribution in [2.45, 2.75) is 6.61 Å². The standard InChI is InChI=1S/C9H9FN4O2/c10-7-4-12-9(14-11)13-8(7)16-5-6-2-1-3-15-6/h1-4H,5,11H2,(H,12,13,14). The highest BCUT2D eigenvalue weighted by atomic mass is 19.1. The van der Waals surface area contributed by atoms with Gasteiger partial charge in [-0.05, 0) is 12.1 Å². The number of anilines is 1. The Morgan fingerprint density at radius 2 is 2.44 bits per heavy atom. The van der Waals surface area contributed by atoms with E-state index in [1.165, 1.54) is 6.26 Å². The zero-order chi connectivity index (χ0) is 11.4. The fourth-order valence-corrected chi connectivity index (χ4v) is 1.06. The Kier molecular flexibility index (Phi) is 2.97. The van der Waals surface area contributed by atoms with Gasteiger partial charge in [-0.25, -0.2) is 10.8 Å². The predicted octanol–water partition coefficient (Wildman–Crippen LogP) is 1.07. The minimum atomic E-state index is -0.662. The van der Waals surface area contributed by atoms with Gasteiger partial charge in [-0.1, -0.05) is 0 Å². The number of aromatic nitrogens is 2. The highest BCUT2D eigenvalue weighted by Crippen LogP contribution is 2.15. The lowest BCUT2D eigenvalue weighted by molar-refractivity contribution is 0.247. The van der Waals surface area contributed by atoms with Crippen LogP contribution in [0.1, 0.15) is 5.76 Å². The monoisotopic (exact) mass is 224 g/mol. The molecule has 6 nitrogen and oxygen atoms in total. The minimum Gasteiger partial charge on any atom is -0.467 e. The van der Waals surface area contributed by atoms with E-state index in [0.29, 0.717) is 5.76 Å². The molecule has 0 aliphatic rings. The third kappa shape index (κ3) is 2.26. The van der Waals surface area contributed by atoms with Crippen molar-refractivity contribution in [3.8, 4) is 5.88 Å². The molecule has 2 aromatic heterocycles. The molecule has 2 heterocycles. The van der Waals surface area contributed by atoms with Crippen LogP contribution in [0.3, 0.4) is 0 Å². The van der Waals surface area contributed by atoms with Crippen LogP contribution >= 0.6 is 0 Å². The summed E-state index contributed by atoms with van der Waals surface area (Å²) in [5.74, 6) is 4.89. The summed E-state index contributed by atoms with van der Waals surface area (Å²) in [5.41, 5.74) is 2.20. The minimum absolute atomic E-state index is 0.0795. The third-order valence-corrected chi connectivity index (χ3v) is 1.77. The Morgan fingerprint density at radius 1 is 1.56 bits per heavy atom. The summed E-state index contributed by atoms with van der Waals surface area (Å²) in [6.45, 7) is 0.0882. The molecule has 2 aromatic rings. The zero-order valence-electron chi connectivity index (χ0n) is 8.18. The number of hydrazine groups is 1. The summed E-state index contributed by atoms with van der Waals surface area (Å²) in [7, 11) is 0. The maximum Gasteiger partial charge on any atom is 0.255 e. The first-order chi connectivity index (χ1) is 7.79. The van der Waals surface area contributed by atoms with Crippen LogP contribution in [0.5, 0.6) is 5.88 Å². The van der Waals surface area contributed by atoms with Crippen molar-refractivity contribution >= 4 is 5.95 Å². The maximum absolute atomic E-state index is 13.2. The van der Waals surface area contributed by atoms with Crippen LogP contribution < -0.4 is 16.0 Å². The van der Waals surface area contributed by atoms with Gasteiger partial charge in [-0.15, -0.1) is 0 Å². The number of rotatable bonds is 4. The molecule has 0 amide bonds. The fraction of sp³-hybridized carbons (Fsp3) is 0.111.